The van der Waals surface area contributed by atoms with Crippen LogP contribution >= 0.6 is 11.6 Å². The standard InChI is InChI=1S/C13H14ClF3N2O2/c14-8-1-2-11(10(5-8)13(15,16)17)19-12(20)6-9-7-21-4-3-18-9/h1-2,5,9,18H,3-4,6-7H2,(H,19,20). The van der Waals surface area contributed by atoms with Crippen LogP contribution in [-0.4, -0.2) is 31.7 Å². The van der Waals surface area contributed by atoms with Crippen LogP contribution in [0.1, 0.15) is 12.0 Å². The Kier molecular flexibility index (Phi) is 5.08. The van der Waals surface area contributed by atoms with Crippen molar-refractivity contribution < 1.29 is 22.7 Å². The summed E-state index contributed by atoms with van der Waals surface area (Å²) in [6.45, 7) is 1.54. The predicted molar refractivity (Wildman–Crippen MR) is 72.3 cm³/mol. The first kappa shape index (κ1) is 16.1. The summed E-state index contributed by atoms with van der Waals surface area (Å²) in [4.78, 5) is 11.8. The highest BCUT2D eigenvalue weighted by atomic mass is 35.5. The van der Waals surface area contributed by atoms with Crippen LogP contribution < -0.4 is 10.6 Å². The van der Waals surface area contributed by atoms with Crippen LogP contribution in [0.15, 0.2) is 18.2 Å². The molecule has 1 aliphatic heterocycles. The van der Waals surface area contributed by atoms with Gasteiger partial charge in [0.25, 0.3) is 0 Å². The van der Waals surface area contributed by atoms with E-state index < -0.39 is 17.6 Å². The second-order valence-electron chi connectivity index (χ2n) is 4.67. The number of halogens is 4. The van der Waals surface area contributed by atoms with Gasteiger partial charge in [0.2, 0.25) is 5.91 Å². The van der Waals surface area contributed by atoms with Crippen LogP contribution in [-0.2, 0) is 15.7 Å². The monoisotopic (exact) mass is 322 g/mol. The van der Waals surface area contributed by atoms with Crippen LogP contribution in [0.2, 0.25) is 5.02 Å². The molecule has 1 amide bonds. The smallest absolute Gasteiger partial charge is 0.378 e. The summed E-state index contributed by atoms with van der Waals surface area (Å²) in [5, 5.41) is 5.30. The lowest BCUT2D eigenvalue weighted by Gasteiger charge is -2.23. The Morgan fingerprint density at radius 3 is 2.86 bits per heavy atom. The van der Waals surface area contributed by atoms with Crippen LogP contribution in [0.5, 0.6) is 0 Å². The molecule has 1 aliphatic rings. The largest absolute Gasteiger partial charge is 0.418 e. The lowest BCUT2D eigenvalue weighted by molar-refractivity contribution is -0.137. The minimum Gasteiger partial charge on any atom is -0.378 e. The third kappa shape index (κ3) is 4.59. The highest BCUT2D eigenvalue weighted by molar-refractivity contribution is 6.30. The van der Waals surface area contributed by atoms with E-state index in [-0.39, 0.29) is 23.2 Å². The number of amides is 1. The zero-order valence-electron chi connectivity index (χ0n) is 11.0. The van der Waals surface area contributed by atoms with E-state index in [4.69, 9.17) is 16.3 Å². The third-order valence-corrected chi connectivity index (χ3v) is 3.23. The molecule has 0 aliphatic carbocycles. The molecule has 21 heavy (non-hydrogen) atoms. The Morgan fingerprint density at radius 1 is 1.48 bits per heavy atom. The summed E-state index contributed by atoms with van der Waals surface area (Å²) < 4.78 is 43.9. The first-order valence-corrected chi connectivity index (χ1v) is 6.72. The number of hydrogen-bond donors (Lipinski definition) is 2. The number of morpholine rings is 1. The molecule has 0 radical (unpaired) electrons. The molecule has 116 valence electrons. The SMILES string of the molecule is O=C(CC1COCCN1)Nc1ccc(Cl)cc1C(F)(F)F. The van der Waals surface area contributed by atoms with Gasteiger partial charge in [-0.3, -0.25) is 4.79 Å². The van der Waals surface area contributed by atoms with E-state index in [2.05, 4.69) is 10.6 Å². The van der Waals surface area contributed by atoms with Crippen LogP contribution in [0, 0.1) is 0 Å². The zero-order chi connectivity index (χ0) is 15.5. The molecule has 8 heteroatoms. The molecule has 1 heterocycles. The summed E-state index contributed by atoms with van der Waals surface area (Å²) in [7, 11) is 0. The molecule has 1 fully saturated rings. The predicted octanol–water partition coefficient (Wildman–Crippen LogP) is 2.68. The molecule has 0 aromatic heterocycles. The van der Waals surface area contributed by atoms with E-state index in [1.165, 1.54) is 6.07 Å². The normalized spacial score (nSPS) is 19.3. The third-order valence-electron chi connectivity index (χ3n) is 2.99. The fourth-order valence-corrected chi connectivity index (χ4v) is 2.21. The molecular weight excluding hydrogens is 309 g/mol. The minimum absolute atomic E-state index is 0.0392. The lowest BCUT2D eigenvalue weighted by Crippen LogP contribution is -2.43. The maximum absolute atomic E-state index is 12.9. The Hall–Kier alpha value is -1.31. The van der Waals surface area contributed by atoms with Crippen LogP contribution in [0.3, 0.4) is 0 Å². The number of hydrogen-bond acceptors (Lipinski definition) is 3. The molecule has 0 saturated carbocycles. The summed E-state index contributed by atoms with van der Waals surface area (Å²) in [6, 6.07) is 3.04. The van der Waals surface area contributed by atoms with E-state index in [1.807, 2.05) is 0 Å². The van der Waals surface area contributed by atoms with Crippen molar-refractivity contribution in [2.24, 2.45) is 0 Å². The van der Waals surface area contributed by atoms with Crippen LogP contribution in [0.4, 0.5) is 18.9 Å². The quantitative estimate of drug-likeness (QED) is 0.899. The molecule has 4 nitrogen and oxygen atoms in total. The second-order valence-corrected chi connectivity index (χ2v) is 5.10. The van der Waals surface area contributed by atoms with Crippen molar-refractivity contribution in [1.29, 1.82) is 0 Å². The van der Waals surface area contributed by atoms with E-state index in [0.717, 1.165) is 12.1 Å². The lowest BCUT2D eigenvalue weighted by atomic mass is 10.1. The number of anilines is 1. The highest BCUT2D eigenvalue weighted by Crippen LogP contribution is 2.36. The fourth-order valence-electron chi connectivity index (χ4n) is 2.04. The van der Waals surface area contributed by atoms with Gasteiger partial charge in [-0.25, -0.2) is 0 Å². The van der Waals surface area contributed by atoms with Gasteiger partial charge in [0, 0.05) is 24.0 Å². The van der Waals surface area contributed by atoms with Gasteiger partial charge in [-0.1, -0.05) is 11.6 Å². The van der Waals surface area contributed by atoms with Gasteiger partial charge in [0.15, 0.2) is 0 Å². The number of carbonyl (C=O) groups is 1. The van der Waals surface area contributed by atoms with E-state index >= 15 is 0 Å². The fraction of sp³-hybridized carbons (Fsp3) is 0.462. The Labute approximate surface area is 124 Å². The molecule has 1 aromatic carbocycles. The van der Waals surface area contributed by atoms with Gasteiger partial charge in [-0.05, 0) is 18.2 Å². The summed E-state index contributed by atoms with van der Waals surface area (Å²) >= 11 is 5.58. The molecule has 2 rings (SSSR count). The molecular formula is C13H14ClF3N2O2. The van der Waals surface area contributed by atoms with Crippen molar-refractivity contribution in [3.63, 3.8) is 0 Å². The minimum atomic E-state index is -4.58. The van der Waals surface area contributed by atoms with Gasteiger partial charge in [-0.2, -0.15) is 13.2 Å². The van der Waals surface area contributed by atoms with Crippen molar-refractivity contribution in [1.82, 2.24) is 5.32 Å². The van der Waals surface area contributed by atoms with Crippen LogP contribution in [0.25, 0.3) is 0 Å². The molecule has 1 unspecified atom stereocenters. The number of ether oxygens (including phenoxy) is 1. The van der Waals surface area contributed by atoms with Gasteiger partial charge in [-0.15, -0.1) is 0 Å². The number of carbonyl (C=O) groups excluding carboxylic acids is 1. The van der Waals surface area contributed by atoms with E-state index in [9.17, 15) is 18.0 Å². The van der Waals surface area contributed by atoms with Crippen molar-refractivity contribution >= 4 is 23.2 Å². The first-order valence-electron chi connectivity index (χ1n) is 6.34. The van der Waals surface area contributed by atoms with E-state index in [0.29, 0.717) is 19.8 Å². The van der Waals surface area contributed by atoms with E-state index in [1.54, 1.807) is 0 Å². The number of alkyl halides is 3. The average molecular weight is 323 g/mol. The van der Waals surface area contributed by atoms with Gasteiger partial charge in [0.05, 0.1) is 24.5 Å². The second kappa shape index (κ2) is 6.64. The summed E-state index contributed by atoms with van der Waals surface area (Å²) in [6.07, 6.45) is -4.54. The highest BCUT2D eigenvalue weighted by Gasteiger charge is 2.34. The van der Waals surface area contributed by atoms with Gasteiger partial charge < -0.3 is 15.4 Å². The van der Waals surface area contributed by atoms with Crippen molar-refractivity contribution in [3.8, 4) is 0 Å². The van der Waals surface area contributed by atoms with Crippen molar-refractivity contribution in [2.45, 2.75) is 18.6 Å². The summed E-state index contributed by atoms with van der Waals surface area (Å²) in [5.41, 5.74) is -1.26. The molecule has 0 spiro atoms. The topological polar surface area (TPSA) is 50.4 Å². The summed E-state index contributed by atoms with van der Waals surface area (Å²) in [5.74, 6) is -0.508. The van der Waals surface area contributed by atoms with Gasteiger partial charge in [0.1, 0.15) is 0 Å². The maximum atomic E-state index is 12.9. The van der Waals surface area contributed by atoms with Crippen molar-refractivity contribution in [3.05, 3.63) is 28.8 Å². The molecule has 1 atom stereocenters. The Morgan fingerprint density at radius 2 is 2.24 bits per heavy atom. The molecule has 2 N–H and O–H groups in total. The van der Waals surface area contributed by atoms with Gasteiger partial charge >= 0.3 is 6.18 Å². The zero-order valence-corrected chi connectivity index (χ0v) is 11.7. The number of nitrogens with one attached hydrogen (secondary N) is 2. The number of benzene rings is 1. The Balaban J connectivity index is 2.06. The van der Waals surface area contributed by atoms with Crippen molar-refractivity contribution in [2.75, 3.05) is 25.1 Å². The Bertz CT molecular complexity index is 517. The molecule has 1 saturated heterocycles. The maximum Gasteiger partial charge on any atom is 0.418 e. The molecule has 1 aromatic rings. The number of rotatable bonds is 3. The average Bonchev–Trinajstić information content (AvgIpc) is 2.40. The first-order chi connectivity index (χ1) is 9.86. The molecule has 0 bridgehead atoms.